The predicted octanol–water partition coefficient (Wildman–Crippen LogP) is 4.35. The van der Waals surface area contributed by atoms with Gasteiger partial charge in [-0.25, -0.2) is 9.69 Å². The maximum absolute atomic E-state index is 12.5. The second-order valence-corrected chi connectivity index (χ2v) is 6.88. The zero-order chi connectivity index (χ0) is 17.5. The molecule has 4 heteroatoms. The van der Waals surface area contributed by atoms with Gasteiger partial charge in [0.15, 0.2) is 0 Å². The van der Waals surface area contributed by atoms with Gasteiger partial charge < -0.3 is 4.74 Å². The molecular formula is C20H27NO3. The van der Waals surface area contributed by atoms with Gasteiger partial charge in [-0.05, 0) is 37.7 Å². The number of hydrogen-bond acceptors (Lipinski definition) is 3. The minimum Gasteiger partial charge on any atom is -0.447 e. The van der Waals surface area contributed by atoms with E-state index in [1.807, 2.05) is 37.3 Å². The normalized spacial score (nSPS) is 18.2. The molecule has 0 N–H and O–H groups in total. The molecule has 1 aliphatic heterocycles. The number of allylic oxidation sites excluding steroid dienone is 1. The molecule has 130 valence electrons. The molecule has 1 heterocycles. The molecule has 0 spiro atoms. The number of carbonyl (C=O) groups is 2. The molecule has 1 aliphatic rings. The number of benzene rings is 1. The Labute approximate surface area is 144 Å². The van der Waals surface area contributed by atoms with E-state index in [2.05, 4.69) is 19.9 Å². The minimum atomic E-state index is -0.518. The second kappa shape index (κ2) is 8.67. The average Bonchev–Trinajstić information content (AvgIpc) is 2.88. The summed E-state index contributed by atoms with van der Waals surface area (Å²) in [6.07, 6.45) is 4.57. The summed E-state index contributed by atoms with van der Waals surface area (Å²) >= 11 is 0. The first-order chi connectivity index (χ1) is 11.5. The molecule has 1 saturated heterocycles. The van der Waals surface area contributed by atoms with E-state index in [-0.39, 0.29) is 25.0 Å². The smallest absolute Gasteiger partial charge is 0.416 e. The summed E-state index contributed by atoms with van der Waals surface area (Å²) < 4.78 is 5.11. The van der Waals surface area contributed by atoms with Crippen molar-refractivity contribution in [2.45, 2.75) is 52.5 Å². The summed E-state index contributed by atoms with van der Waals surface area (Å²) in [6.45, 7) is 6.59. The first kappa shape index (κ1) is 18.2. The van der Waals surface area contributed by atoms with Gasteiger partial charge in [0.25, 0.3) is 0 Å². The molecule has 1 aromatic rings. The highest BCUT2D eigenvalue weighted by Gasteiger charge is 2.37. The first-order valence-electron chi connectivity index (χ1n) is 8.65. The minimum absolute atomic E-state index is 0.170. The van der Waals surface area contributed by atoms with E-state index < -0.39 is 6.09 Å². The number of carbonyl (C=O) groups excluding carboxylic acids is 2. The van der Waals surface area contributed by atoms with Gasteiger partial charge in [0.05, 0.1) is 6.04 Å². The topological polar surface area (TPSA) is 46.6 Å². The van der Waals surface area contributed by atoms with Crippen molar-refractivity contribution in [2.24, 2.45) is 5.92 Å². The van der Waals surface area contributed by atoms with E-state index >= 15 is 0 Å². The number of imide groups is 1. The lowest BCUT2D eigenvalue weighted by molar-refractivity contribution is -0.128. The molecule has 1 unspecified atom stereocenters. The van der Waals surface area contributed by atoms with Gasteiger partial charge in [-0.3, -0.25) is 4.79 Å². The van der Waals surface area contributed by atoms with Gasteiger partial charge >= 0.3 is 6.09 Å². The Morgan fingerprint density at radius 2 is 2.04 bits per heavy atom. The zero-order valence-electron chi connectivity index (χ0n) is 14.8. The fraction of sp³-hybridized carbons (Fsp3) is 0.500. The molecule has 0 aromatic heterocycles. The molecule has 1 fully saturated rings. The molecule has 0 bridgehead atoms. The standard InChI is InChI=1S/C20H27NO3/c1-15(2)8-7-9-16(3)12-19(22)21-18(14-24-20(21)23)13-17-10-5-4-6-11-17/h4-6,9-11,15,18H,7-8,12-14H2,1-3H3/b16-9+. The Morgan fingerprint density at radius 1 is 1.33 bits per heavy atom. The zero-order valence-corrected chi connectivity index (χ0v) is 14.8. The fourth-order valence-electron chi connectivity index (χ4n) is 2.86. The number of hydrogen-bond donors (Lipinski definition) is 0. The van der Waals surface area contributed by atoms with Crippen LogP contribution in [0.1, 0.15) is 45.6 Å². The number of rotatable bonds is 7. The number of nitrogens with zero attached hydrogens (tertiary/aromatic N) is 1. The Kier molecular flexibility index (Phi) is 6.59. The highest BCUT2D eigenvalue weighted by molar-refractivity contribution is 5.94. The summed E-state index contributed by atoms with van der Waals surface area (Å²) in [5.74, 6) is 0.477. The van der Waals surface area contributed by atoms with E-state index in [0.29, 0.717) is 12.3 Å². The maximum atomic E-state index is 12.5. The van der Waals surface area contributed by atoms with Crippen LogP contribution in [-0.4, -0.2) is 29.5 Å². The monoisotopic (exact) mass is 329 g/mol. The SMILES string of the molecule is C/C(=C\CCC(C)C)CC(=O)N1C(=O)OCC1Cc1ccccc1. The van der Waals surface area contributed by atoms with Crippen molar-refractivity contribution in [3.8, 4) is 0 Å². The fourth-order valence-corrected chi connectivity index (χ4v) is 2.86. The first-order valence-corrected chi connectivity index (χ1v) is 8.65. The molecule has 0 saturated carbocycles. The Balaban J connectivity index is 1.96. The van der Waals surface area contributed by atoms with Crippen LogP contribution in [0.3, 0.4) is 0 Å². The second-order valence-electron chi connectivity index (χ2n) is 6.88. The summed E-state index contributed by atoms with van der Waals surface area (Å²) in [4.78, 5) is 25.8. The van der Waals surface area contributed by atoms with Crippen molar-refractivity contribution >= 4 is 12.0 Å². The Morgan fingerprint density at radius 3 is 2.71 bits per heavy atom. The van der Waals surface area contributed by atoms with E-state index in [4.69, 9.17) is 4.74 Å². The highest BCUT2D eigenvalue weighted by atomic mass is 16.6. The van der Waals surface area contributed by atoms with Crippen LogP contribution in [0.5, 0.6) is 0 Å². The van der Waals surface area contributed by atoms with E-state index in [9.17, 15) is 9.59 Å². The van der Waals surface area contributed by atoms with Gasteiger partial charge in [0.2, 0.25) is 5.91 Å². The van der Waals surface area contributed by atoms with Gasteiger partial charge in [-0.2, -0.15) is 0 Å². The molecule has 4 nitrogen and oxygen atoms in total. The Bertz CT molecular complexity index is 592. The summed E-state index contributed by atoms with van der Waals surface area (Å²) in [7, 11) is 0. The van der Waals surface area contributed by atoms with Crippen LogP contribution in [0.25, 0.3) is 0 Å². The van der Waals surface area contributed by atoms with Gasteiger partial charge in [0, 0.05) is 6.42 Å². The molecule has 2 amide bonds. The lowest BCUT2D eigenvalue weighted by atomic mass is 10.0. The molecule has 1 atom stereocenters. The average molecular weight is 329 g/mol. The van der Waals surface area contributed by atoms with Crippen LogP contribution in [-0.2, 0) is 16.0 Å². The molecular weight excluding hydrogens is 302 g/mol. The van der Waals surface area contributed by atoms with Crippen molar-refractivity contribution in [3.05, 3.63) is 47.5 Å². The highest BCUT2D eigenvalue weighted by Crippen LogP contribution is 2.20. The van der Waals surface area contributed by atoms with E-state index in [0.717, 1.165) is 24.0 Å². The Hall–Kier alpha value is -2.10. The number of cyclic esters (lactones) is 1. The van der Waals surface area contributed by atoms with Gasteiger partial charge in [-0.15, -0.1) is 0 Å². The van der Waals surface area contributed by atoms with Crippen LogP contribution in [0, 0.1) is 5.92 Å². The van der Waals surface area contributed by atoms with Crippen LogP contribution in [0.15, 0.2) is 42.0 Å². The molecule has 24 heavy (non-hydrogen) atoms. The third-order valence-corrected chi connectivity index (χ3v) is 4.21. The number of ether oxygens (including phenoxy) is 1. The van der Waals surface area contributed by atoms with Crippen LogP contribution >= 0.6 is 0 Å². The predicted molar refractivity (Wildman–Crippen MR) is 94.6 cm³/mol. The largest absolute Gasteiger partial charge is 0.447 e. The summed E-state index contributed by atoms with van der Waals surface area (Å²) in [6, 6.07) is 9.66. The van der Waals surface area contributed by atoms with Crippen molar-refractivity contribution < 1.29 is 14.3 Å². The molecule has 2 rings (SSSR count). The van der Waals surface area contributed by atoms with E-state index in [1.165, 1.54) is 4.90 Å². The summed E-state index contributed by atoms with van der Waals surface area (Å²) in [5.41, 5.74) is 2.11. The number of amides is 2. The van der Waals surface area contributed by atoms with Crippen molar-refractivity contribution in [1.82, 2.24) is 4.90 Å². The third kappa shape index (κ3) is 5.22. The van der Waals surface area contributed by atoms with Crippen molar-refractivity contribution in [1.29, 1.82) is 0 Å². The van der Waals surface area contributed by atoms with Crippen LogP contribution < -0.4 is 0 Å². The summed E-state index contributed by atoms with van der Waals surface area (Å²) in [5, 5.41) is 0. The van der Waals surface area contributed by atoms with Gasteiger partial charge in [0.1, 0.15) is 6.61 Å². The quantitative estimate of drug-likeness (QED) is 0.699. The lowest BCUT2D eigenvalue weighted by Gasteiger charge is -2.20. The third-order valence-electron chi connectivity index (χ3n) is 4.21. The molecule has 1 aromatic carbocycles. The van der Waals surface area contributed by atoms with Crippen molar-refractivity contribution in [3.63, 3.8) is 0 Å². The molecule has 0 radical (unpaired) electrons. The maximum Gasteiger partial charge on any atom is 0.416 e. The van der Waals surface area contributed by atoms with Crippen molar-refractivity contribution in [2.75, 3.05) is 6.61 Å². The van der Waals surface area contributed by atoms with Crippen LogP contribution in [0.4, 0.5) is 4.79 Å². The lowest BCUT2D eigenvalue weighted by Crippen LogP contribution is -2.40. The van der Waals surface area contributed by atoms with E-state index in [1.54, 1.807) is 0 Å². The molecule has 0 aliphatic carbocycles. The van der Waals surface area contributed by atoms with Crippen LogP contribution in [0.2, 0.25) is 0 Å². The van der Waals surface area contributed by atoms with Gasteiger partial charge in [-0.1, -0.05) is 55.8 Å².